The monoisotopic (exact) mass is 317 g/mol. The van der Waals surface area contributed by atoms with E-state index in [1.165, 1.54) is 0 Å². The summed E-state index contributed by atoms with van der Waals surface area (Å²) < 4.78 is 27.0. The van der Waals surface area contributed by atoms with Crippen LogP contribution in [-0.2, 0) is 15.9 Å². The van der Waals surface area contributed by atoms with E-state index >= 15 is 0 Å². The van der Waals surface area contributed by atoms with Gasteiger partial charge in [-0.15, -0.1) is 11.6 Å². The molecule has 20 heavy (non-hydrogen) atoms. The van der Waals surface area contributed by atoms with E-state index in [1.807, 2.05) is 27.7 Å². The summed E-state index contributed by atoms with van der Waals surface area (Å²) in [6.07, 6.45) is 0. The van der Waals surface area contributed by atoms with Crippen LogP contribution in [0, 0.1) is 11.8 Å². The molecule has 0 aliphatic carbocycles. The van der Waals surface area contributed by atoms with Gasteiger partial charge in [0, 0.05) is 19.0 Å². The minimum absolute atomic E-state index is 0.297. The van der Waals surface area contributed by atoms with Gasteiger partial charge in [-0.2, -0.15) is 4.31 Å². The number of alkyl halides is 1. The number of hydrogen-bond donors (Lipinski definition) is 0. The average molecular weight is 318 g/mol. The van der Waals surface area contributed by atoms with Crippen molar-refractivity contribution in [2.45, 2.75) is 38.5 Å². The number of halogens is 1. The van der Waals surface area contributed by atoms with E-state index in [0.717, 1.165) is 5.56 Å². The van der Waals surface area contributed by atoms with Gasteiger partial charge in [-0.05, 0) is 29.5 Å². The number of hydrogen-bond acceptors (Lipinski definition) is 2. The van der Waals surface area contributed by atoms with Crippen LogP contribution in [0.4, 0.5) is 0 Å². The van der Waals surface area contributed by atoms with Gasteiger partial charge in [0.2, 0.25) is 10.0 Å². The highest BCUT2D eigenvalue weighted by molar-refractivity contribution is 7.89. The molecule has 0 aliphatic rings. The van der Waals surface area contributed by atoms with Crippen LogP contribution in [0.3, 0.4) is 0 Å². The Morgan fingerprint density at radius 2 is 1.45 bits per heavy atom. The SMILES string of the molecule is CC(C)CN(CC(C)C)S(=O)(=O)c1ccc(CCl)cc1. The second kappa shape index (κ2) is 7.43. The van der Waals surface area contributed by atoms with Crippen LogP contribution in [0.1, 0.15) is 33.3 Å². The van der Waals surface area contributed by atoms with Crippen molar-refractivity contribution in [2.75, 3.05) is 13.1 Å². The first-order valence-electron chi connectivity index (χ1n) is 6.92. The van der Waals surface area contributed by atoms with Crippen LogP contribution >= 0.6 is 11.6 Å². The molecule has 114 valence electrons. The Bertz CT molecular complexity index is 499. The van der Waals surface area contributed by atoms with Gasteiger partial charge >= 0.3 is 0 Å². The van der Waals surface area contributed by atoms with Crippen molar-refractivity contribution in [1.29, 1.82) is 0 Å². The van der Waals surface area contributed by atoms with Crippen LogP contribution in [0.15, 0.2) is 29.2 Å². The van der Waals surface area contributed by atoms with Crippen molar-refractivity contribution < 1.29 is 8.42 Å². The van der Waals surface area contributed by atoms with E-state index in [2.05, 4.69) is 0 Å². The molecule has 0 atom stereocenters. The predicted molar refractivity (Wildman–Crippen MR) is 84.4 cm³/mol. The zero-order chi connectivity index (χ0) is 15.3. The quantitative estimate of drug-likeness (QED) is 0.719. The van der Waals surface area contributed by atoms with Crippen LogP contribution in [-0.4, -0.2) is 25.8 Å². The minimum Gasteiger partial charge on any atom is -0.207 e. The average Bonchev–Trinajstić information content (AvgIpc) is 2.37. The molecule has 0 aliphatic heterocycles. The van der Waals surface area contributed by atoms with Gasteiger partial charge in [-0.3, -0.25) is 0 Å². The lowest BCUT2D eigenvalue weighted by Crippen LogP contribution is -2.37. The Hall–Kier alpha value is -0.580. The van der Waals surface area contributed by atoms with E-state index in [-0.39, 0.29) is 0 Å². The summed E-state index contributed by atoms with van der Waals surface area (Å²) in [6, 6.07) is 6.81. The largest absolute Gasteiger partial charge is 0.243 e. The molecule has 0 amide bonds. The highest BCUT2D eigenvalue weighted by atomic mass is 35.5. The Morgan fingerprint density at radius 3 is 1.80 bits per heavy atom. The highest BCUT2D eigenvalue weighted by Crippen LogP contribution is 2.19. The van der Waals surface area contributed by atoms with Gasteiger partial charge in [0.15, 0.2) is 0 Å². The van der Waals surface area contributed by atoms with Gasteiger partial charge in [-0.25, -0.2) is 8.42 Å². The lowest BCUT2D eigenvalue weighted by molar-refractivity contribution is 0.333. The molecule has 0 N–H and O–H groups in total. The minimum atomic E-state index is -3.43. The first-order valence-corrected chi connectivity index (χ1v) is 8.90. The standard InChI is InChI=1S/C15H24ClNO2S/c1-12(2)10-17(11-13(3)4)20(18,19)15-7-5-14(9-16)6-8-15/h5-8,12-13H,9-11H2,1-4H3. The van der Waals surface area contributed by atoms with Crippen LogP contribution in [0.5, 0.6) is 0 Å². The molecule has 0 bridgehead atoms. The fraction of sp³-hybridized carbons (Fsp3) is 0.600. The molecule has 0 fully saturated rings. The van der Waals surface area contributed by atoms with Crippen LogP contribution in [0.25, 0.3) is 0 Å². The van der Waals surface area contributed by atoms with Crippen molar-refractivity contribution >= 4 is 21.6 Å². The van der Waals surface area contributed by atoms with Gasteiger partial charge < -0.3 is 0 Å². The van der Waals surface area contributed by atoms with Crippen LogP contribution < -0.4 is 0 Å². The van der Waals surface area contributed by atoms with E-state index in [9.17, 15) is 8.42 Å². The number of nitrogens with zero attached hydrogens (tertiary/aromatic N) is 1. The molecule has 0 saturated carbocycles. The Labute approximate surface area is 128 Å². The predicted octanol–water partition coefficient (Wildman–Crippen LogP) is 3.73. The smallest absolute Gasteiger partial charge is 0.207 e. The first kappa shape index (κ1) is 17.5. The maximum absolute atomic E-state index is 12.7. The molecule has 0 aromatic heterocycles. The zero-order valence-corrected chi connectivity index (χ0v) is 14.2. The molecular weight excluding hydrogens is 294 g/mol. The molecule has 0 heterocycles. The van der Waals surface area contributed by atoms with Crippen molar-refractivity contribution in [1.82, 2.24) is 4.31 Å². The Kier molecular flexibility index (Phi) is 6.49. The van der Waals surface area contributed by atoms with E-state index in [0.29, 0.717) is 35.7 Å². The molecule has 0 saturated heterocycles. The van der Waals surface area contributed by atoms with E-state index in [1.54, 1.807) is 28.6 Å². The number of sulfonamides is 1. The molecule has 0 unspecified atom stereocenters. The van der Waals surface area contributed by atoms with Gasteiger partial charge in [-0.1, -0.05) is 39.8 Å². The molecule has 0 radical (unpaired) electrons. The van der Waals surface area contributed by atoms with Gasteiger partial charge in [0.25, 0.3) is 0 Å². The number of rotatable bonds is 7. The molecule has 5 heteroatoms. The topological polar surface area (TPSA) is 37.4 Å². The molecule has 0 spiro atoms. The fourth-order valence-electron chi connectivity index (χ4n) is 1.98. The number of benzene rings is 1. The normalized spacial score (nSPS) is 12.6. The second-order valence-corrected chi connectivity index (χ2v) is 8.09. The highest BCUT2D eigenvalue weighted by Gasteiger charge is 2.25. The summed E-state index contributed by atoms with van der Waals surface area (Å²) >= 11 is 5.73. The van der Waals surface area contributed by atoms with Crippen molar-refractivity contribution in [3.8, 4) is 0 Å². The zero-order valence-electron chi connectivity index (χ0n) is 12.6. The summed E-state index contributed by atoms with van der Waals surface area (Å²) in [7, 11) is -3.43. The first-order chi connectivity index (χ1) is 9.27. The van der Waals surface area contributed by atoms with Gasteiger partial charge in [0.05, 0.1) is 4.90 Å². The summed E-state index contributed by atoms with van der Waals surface area (Å²) in [6.45, 7) is 9.19. The van der Waals surface area contributed by atoms with Crippen molar-refractivity contribution in [2.24, 2.45) is 11.8 Å². The molecule has 3 nitrogen and oxygen atoms in total. The summed E-state index contributed by atoms with van der Waals surface area (Å²) in [5.74, 6) is 0.985. The molecular formula is C15H24ClNO2S. The summed E-state index contributed by atoms with van der Waals surface area (Å²) in [5.41, 5.74) is 0.921. The molecule has 1 aromatic rings. The third-order valence-electron chi connectivity index (χ3n) is 2.85. The second-order valence-electron chi connectivity index (χ2n) is 5.89. The fourth-order valence-corrected chi connectivity index (χ4v) is 3.93. The lowest BCUT2D eigenvalue weighted by atomic mass is 10.2. The van der Waals surface area contributed by atoms with Gasteiger partial charge in [0.1, 0.15) is 0 Å². The van der Waals surface area contributed by atoms with Crippen LogP contribution in [0.2, 0.25) is 0 Å². The van der Waals surface area contributed by atoms with E-state index < -0.39 is 10.0 Å². The van der Waals surface area contributed by atoms with E-state index in [4.69, 9.17) is 11.6 Å². The maximum Gasteiger partial charge on any atom is 0.243 e. The molecule has 1 aromatic carbocycles. The summed E-state index contributed by atoms with van der Waals surface area (Å²) in [4.78, 5) is 0.340. The van der Waals surface area contributed by atoms with Crippen molar-refractivity contribution in [3.05, 3.63) is 29.8 Å². The Morgan fingerprint density at radius 1 is 1.00 bits per heavy atom. The molecule has 1 rings (SSSR count). The van der Waals surface area contributed by atoms with Crippen molar-refractivity contribution in [3.63, 3.8) is 0 Å². The maximum atomic E-state index is 12.7. The summed E-state index contributed by atoms with van der Waals surface area (Å²) in [5, 5.41) is 0. The third kappa shape index (κ3) is 4.76. The third-order valence-corrected chi connectivity index (χ3v) is 5.01. The lowest BCUT2D eigenvalue weighted by Gasteiger charge is -2.25. The Balaban J connectivity index is 3.07.